The monoisotopic (exact) mass is 232 g/mol. The molecule has 1 aliphatic heterocycles. The van der Waals surface area contributed by atoms with Crippen molar-refractivity contribution in [1.82, 2.24) is 0 Å². The Morgan fingerprint density at radius 3 is 2.88 bits per heavy atom. The van der Waals surface area contributed by atoms with Gasteiger partial charge in [0.15, 0.2) is 0 Å². The highest BCUT2D eigenvalue weighted by Gasteiger charge is 2.23. The Hall–Kier alpha value is -1.02. The molecule has 2 heteroatoms. The highest BCUT2D eigenvalue weighted by atomic mass is 15.2. The van der Waals surface area contributed by atoms with Crippen LogP contribution in [0.4, 0.5) is 5.69 Å². The zero-order chi connectivity index (χ0) is 12.3. The van der Waals surface area contributed by atoms with Crippen molar-refractivity contribution in [1.29, 1.82) is 0 Å². The number of hydrogen-bond acceptors (Lipinski definition) is 2. The first-order chi connectivity index (χ1) is 8.26. The molecule has 0 aliphatic carbocycles. The molecule has 1 aromatic rings. The number of nitrogens with zero attached hydrogens (tertiary/aromatic N) is 1. The van der Waals surface area contributed by atoms with Crippen molar-refractivity contribution in [3.8, 4) is 0 Å². The maximum Gasteiger partial charge on any atom is 0.0371 e. The Morgan fingerprint density at radius 2 is 2.24 bits per heavy atom. The molecule has 0 spiro atoms. The first-order valence-corrected chi connectivity index (χ1v) is 6.82. The molecule has 17 heavy (non-hydrogen) atoms. The van der Waals surface area contributed by atoms with E-state index in [0.717, 1.165) is 19.0 Å². The van der Waals surface area contributed by atoms with Crippen LogP contribution >= 0.6 is 0 Å². The highest BCUT2D eigenvalue weighted by Crippen LogP contribution is 2.28. The van der Waals surface area contributed by atoms with Crippen LogP contribution in [0.15, 0.2) is 18.2 Å². The first-order valence-electron chi connectivity index (χ1n) is 6.82. The molecule has 1 saturated heterocycles. The number of rotatable bonds is 4. The van der Waals surface area contributed by atoms with Gasteiger partial charge in [0, 0.05) is 18.3 Å². The summed E-state index contributed by atoms with van der Waals surface area (Å²) >= 11 is 0. The summed E-state index contributed by atoms with van der Waals surface area (Å²) < 4.78 is 0. The molecule has 1 unspecified atom stereocenters. The van der Waals surface area contributed by atoms with Crippen molar-refractivity contribution < 1.29 is 0 Å². The lowest BCUT2D eigenvalue weighted by atomic mass is 10.0. The standard InChI is InChI=1S/C15H24N2/c1-3-14-5-4-10-17(14)15-7-6-13(8-9-16)12(2)11-15/h6-7,11,14H,3-5,8-10,16H2,1-2H3. The summed E-state index contributed by atoms with van der Waals surface area (Å²) in [5.41, 5.74) is 9.79. The third kappa shape index (κ3) is 2.63. The molecule has 0 bridgehead atoms. The normalized spacial score (nSPS) is 19.9. The molecule has 2 rings (SSSR count). The van der Waals surface area contributed by atoms with Crippen LogP contribution in [0.2, 0.25) is 0 Å². The van der Waals surface area contributed by atoms with E-state index in [4.69, 9.17) is 5.73 Å². The third-order valence-electron chi connectivity index (χ3n) is 3.92. The molecule has 1 aliphatic rings. The van der Waals surface area contributed by atoms with Gasteiger partial charge in [-0.2, -0.15) is 0 Å². The molecular weight excluding hydrogens is 208 g/mol. The topological polar surface area (TPSA) is 29.3 Å². The SMILES string of the molecule is CCC1CCCN1c1ccc(CCN)c(C)c1. The Labute approximate surface area is 105 Å². The van der Waals surface area contributed by atoms with E-state index in [1.165, 1.54) is 42.6 Å². The van der Waals surface area contributed by atoms with E-state index in [9.17, 15) is 0 Å². The zero-order valence-electron chi connectivity index (χ0n) is 11.1. The van der Waals surface area contributed by atoms with E-state index in [1.807, 2.05) is 0 Å². The van der Waals surface area contributed by atoms with Gasteiger partial charge < -0.3 is 10.6 Å². The molecule has 2 nitrogen and oxygen atoms in total. The van der Waals surface area contributed by atoms with Gasteiger partial charge in [-0.25, -0.2) is 0 Å². The first kappa shape index (κ1) is 12.4. The summed E-state index contributed by atoms with van der Waals surface area (Å²) in [6.07, 6.45) is 4.93. The van der Waals surface area contributed by atoms with Gasteiger partial charge in [0.25, 0.3) is 0 Å². The molecule has 0 aromatic heterocycles. The van der Waals surface area contributed by atoms with E-state index in [2.05, 4.69) is 36.9 Å². The molecule has 94 valence electrons. The summed E-state index contributed by atoms with van der Waals surface area (Å²) in [6, 6.07) is 7.60. The van der Waals surface area contributed by atoms with Crippen LogP contribution in [-0.2, 0) is 6.42 Å². The van der Waals surface area contributed by atoms with Crippen molar-refractivity contribution in [3.63, 3.8) is 0 Å². The second-order valence-corrected chi connectivity index (χ2v) is 5.05. The number of anilines is 1. The Bertz CT molecular complexity index is 373. The maximum absolute atomic E-state index is 5.62. The van der Waals surface area contributed by atoms with Gasteiger partial charge in [0.2, 0.25) is 0 Å². The summed E-state index contributed by atoms with van der Waals surface area (Å²) in [5.74, 6) is 0. The fourth-order valence-electron chi connectivity index (χ4n) is 2.89. The van der Waals surface area contributed by atoms with Crippen LogP contribution in [0.1, 0.15) is 37.3 Å². The lowest BCUT2D eigenvalue weighted by Crippen LogP contribution is -2.28. The van der Waals surface area contributed by atoms with Crippen LogP contribution in [0.3, 0.4) is 0 Å². The quantitative estimate of drug-likeness (QED) is 0.865. The Kier molecular flexibility index (Phi) is 4.06. The minimum Gasteiger partial charge on any atom is -0.369 e. The molecule has 1 heterocycles. The summed E-state index contributed by atoms with van der Waals surface area (Å²) in [6.45, 7) is 6.44. The van der Waals surface area contributed by atoms with E-state index in [1.54, 1.807) is 0 Å². The number of hydrogen-bond donors (Lipinski definition) is 1. The number of aryl methyl sites for hydroxylation is 1. The van der Waals surface area contributed by atoms with Crippen molar-refractivity contribution in [3.05, 3.63) is 29.3 Å². The minimum atomic E-state index is 0.738. The van der Waals surface area contributed by atoms with E-state index in [-0.39, 0.29) is 0 Å². The lowest BCUT2D eigenvalue weighted by Gasteiger charge is -2.26. The summed E-state index contributed by atoms with van der Waals surface area (Å²) in [7, 11) is 0. The van der Waals surface area contributed by atoms with Gasteiger partial charge in [-0.15, -0.1) is 0 Å². The zero-order valence-corrected chi connectivity index (χ0v) is 11.1. The number of benzene rings is 1. The second kappa shape index (κ2) is 5.54. The average molecular weight is 232 g/mol. The van der Waals surface area contributed by atoms with Gasteiger partial charge in [-0.05, 0) is 62.4 Å². The van der Waals surface area contributed by atoms with Crippen LogP contribution in [0.5, 0.6) is 0 Å². The molecule has 1 atom stereocenters. The number of nitrogens with two attached hydrogens (primary N) is 1. The van der Waals surface area contributed by atoms with Crippen molar-refractivity contribution >= 4 is 5.69 Å². The van der Waals surface area contributed by atoms with Gasteiger partial charge >= 0.3 is 0 Å². The van der Waals surface area contributed by atoms with Crippen LogP contribution in [0, 0.1) is 6.92 Å². The average Bonchev–Trinajstić information content (AvgIpc) is 2.80. The minimum absolute atomic E-state index is 0.738. The molecule has 0 amide bonds. The van der Waals surface area contributed by atoms with Gasteiger partial charge in [-0.3, -0.25) is 0 Å². The van der Waals surface area contributed by atoms with E-state index < -0.39 is 0 Å². The molecule has 1 fully saturated rings. The van der Waals surface area contributed by atoms with Gasteiger partial charge in [0.1, 0.15) is 0 Å². The van der Waals surface area contributed by atoms with Crippen molar-refractivity contribution in [2.45, 2.75) is 45.6 Å². The Balaban J connectivity index is 2.19. The van der Waals surface area contributed by atoms with Crippen LogP contribution in [-0.4, -0.2) is 19.1 Å². The molecule has 0 radical (unpaired) electrons. The second-order valence-electron chi connectivity index (χ2n) is 5.05. The molecule has 0 saturated carbocycles. The fraction of sp³-hybridized carbons (Fsp3) is 0.600. The molecule has 1 aromatic carbocycles. The lowest BCUT2D eigenvalue weighted by molar-refractivity contribution is 0.645. The van der Waals surface area contributed by atoms with Crippen LogP contribution in [0.25, 0.3) is 0 Å². The highest BCUT2D eigenvalue weighted by molar-refractivity contribution is 5.52. The molecular formula is C15H24N2. The van der Waals surface area contributed by atoms with Gasteiger partial charge in [-0.1, -0.05) is 13.0 Å². The van der Waals surface area contributed by atoms with Gasteiger partial charge in [0.05, 0.1) is 0 Å². The third-order valence-corrected chi connectivity index (χ3v) is 3.92. The van der Waals surface area contributed by atoms with E-state index >= 15 is 0 Å². The Morgan fingerprint density at radius 1 is 1.41 bits per heavy atom. The van der Waals surface area contributed by atoms with Crippen molar-refractivity contribution in [2.75, 3.05) is 18.0 Å². The summed E-state index contributed by atoms with van der Waals surface area (Å²) in [4.78, 5) is 2.57. The summed E-state index contributed by atoms with van der Waals surface area (Å²) in [5, 5.41) is 0. The van der Waals surface area contributed by atoms with E-state index in [0.29, 0.717) is 0 Å². The predicted molar refractivity (Wildman–Crippen MR) is 74.6 cm³/mol. The van der Waals surface area contributed by atoms with Crippen LogP contribution < -0.4 is 10.6 Å². The largest absolute Gasteiger partial charge is 0.369 e. The smallest absolute Gasteiger partial charge is 0.0371 e. The maximum atomic E-state index is 5.62. The fourth-order valence-corrected chi connectivity index (χ4v) is 2.89. The van der Waals surface area contributed by atoms with Crippen molar-refractivity contribution in [2.24, 2.45) is 5.73 Å². The molecule has 2 N–H and O–H groups in total. The predicted octanol–water partition coefficient (Wildman–Crippen LogP) is 2.88.